The number of hydrogen-bond acceptors (Lipinski definition) is 3. The van der Waals surface area contributed by atoms with Gasteiger partial charge in [-0.1, -0.05) is 51.1 Å². The Morgan fingerprint density at radius 3 is 2.58 bits per heavy atom. The molecule has 0 unspecified atom stereocenters. The fourth-order valence-corrected chi connectivity index (χ4v) is 1.55. The molecule has 2 rings (SSSR count). The van der Waals surface area contributed by atoms with Crippen molar-refractivity contribution >= 4 is 5.91 Å². The maximum atomic E-state index is 11.7. The lowest BCUT2D eigenvalue weighted by molar-refractivity contribution is -0.128. The molecule has 19 heavy (non-hydrogen) atoms. The Morgan fingerprint density at radius 1 is 1.26 bits per heavy atom. The third kappa shape index (κ3) is 3.44. The number of nitrogens with zero attached hydrogens (tertiary/aromatic N) is 1. The van der Waals surface area contributed by atoms with Crippen LogP contribution in [0.4, 0.5) is 0 Å². The summed E-state index contributed by atoms with van der Waals surface area (Å²) in [5, 5.41) is 2.81. The van der Waals surface area contributed by atoms with Crippen molar-refractivity contribution in [3.05, 3.63) is 42.4 Å². The van der Waals surface area contributed by atoms with E-state index >= 15 is 0 Å². The number of rotatable bonds is 3. The number of aromatic nitrogens is 1. The van der Waals surface area contributed by atoms with E-state index in [0.29, 0.717) is 18.2 Å². The molecule has 0 spiro atoms. The van der Waals surface area contributed by atoms with Gasteiger partial charge in [-0.05, 0) is 0 Å². The molecule has 0 radical (unpaired) electrons. The predicted molar refractivity (Wildman–Crippen MR) is 73.2 cm³/mol. The van der Waals surface area contributed by atoms with Crippen molar-refractivity contribution in [2.45, 2.75) is 27.3 Å². The molecule has 1 N–H and O–H groups in total. The Bertz CT molecular complexity index is 553. The van der Waals surface area contributed by atoms with E-state index in [4.69, 9.17) is 4.42 Å². The van der Waals surface area contributed by atoms with E-state index < -0.39 is 5.41 Å². The molecule has 4 heteroatoms. The van der Waals surface area contributed by atoms with Gasteiger partial charge in [-0.25, -0.2) is 4.98 Å². The summed E-state index contributed by atoms with van der Waals surface area (Å²) < 4.78 is 5.61. The molecule has 1 aromatic heterocycles. The Kier molecular flexibility index (Phi) is 3.69. The van der Waals surface area contributed by atoms with Crippen LogP contribution in [0, 0.1) is 5.41 Å². The van der Waals surface area contributed by atoms with Crippen LogP contribution in [-0.4, -0.2) is 10.9 Å². The lowest BCUT2D eigenvalue weighted by Crippen LogP contribution is -2.34. The van der Waals surface area contributed by atoms with Crippen LogP contribution in [0.5, 0.6) is 0 Å². The number of carbonyl (C=O) groups excluding carboxylic acids is 1. The van der Waals surface area contributed by atoms with Gasteiger partial charge >= 0.3 is 0 Å². The van der Waals surface area contributed by atoms with Gasteiger partial charge in [0, 0.05) is 11.0 Å². The molecule has 0 aliphatic carbocycles. The van der Waals surface area contributed by atoms with Gasteiger partial charge in [-0.15, -0.1) is 0 Å². The summed E-state index contributed by atoms with van der Waals surface area (Å²) in [7, 11) is 0. The Labute approximate surface area is 112 Å². The van der Waals surface area contributed by atoms with E-state index in [1.165, 1.54) is 0 Å². The van der Waals surface area contributed by atoms with Crippen LogP contribution in [0.2, 0.25) is 0 Å². The van der Waals surface area contributed by atoms with E-state index in [0.717, 1.165) is 5.56 Å². The number of nitrogens with one attached hydrogen (secondary N) is 1. The number of oxazole rings is 1. The Balaban J connectivity index is 2.01. The van der Waals surface area contributed by atoms with E-state index in [9.17, 15) is 4.79 Å². The topological polar surface area (TPSA) is 55.1 Å². The number of benzene rings is 1. The summed E-state index contributed by atoms with van der Waals surface area (Å²) in [4.78, 5) is 15.9. The SMILES string of the molecule is CC(C)(C)C(=O)NCc1ncc(-c2ccccc2)o1. The molecule has 2 aromatic rings. The molecule has 1 heterocycles. The summed E-state index contributed by atoms with van der Waals surface area (Å²) in [5.74, 6) is 1.20. The molecular weight excluding hydrogens is 240 g/mol. The van der Waals surface area contributed by atoms with Gasteiger partial charge in [-0.3, -0.25) is 4.79 Å². The van der Waals surface area contributed by atoms with E-state index in [-0.39, 0.29) is 5.91 Å². The van der Waals surface area contributed by atoms with E-state index in [2.05, 4.69) is 10.3 Å². The first-order valence-corrected chi connectivity index (χ1v) is 6.25. The lowest BCUT2D eigenvalue weighted by Gasteiger charge is -2.16. The smallest absolute Gasteiger partial charge is 0.225 e. The van der Waals surface area contributed by atoms with Crippen LogP contribution in [0.3, 0.4) is 0 Å². The molecule has 0 fully saturated rings. The molecule has 1 amide bonds. The summed E-state index contributed by atoms with van der Waals surface area (Å²) >= 11 is 0. The van der Waals surface area contributed by atoms with Crippen LogP contribution in [0.25, 0.3) is 11.3 Å². The zero-order valence-corrected chi connectivity index (χ0v) is 11.4. The van der Waals surface area contributed by atoms with Gasteiger partial charge in [-0.2, -0.15) is 0 Å². The van der Waals surface area contributed by atoms with Crippen molar-refractivity contribution in [3.8, 4) is 11.3 Å². The highest BCUT2D eigenvalue weighted by atomic mass is 16.4. The second-order valence-electron chi connectivity index (χ2n) is 5.42. The monoisotopic (exact) mass is 258 g/mol. The molecule has 1 aromatic carbocycles. The van der Waals surface area contributed by atoms with Gasteiger partial charge in [0.1, 0.15) is 0 Å². The summed E-state index contributed by atoms with van der Waals surface area (Å²) in [5.41, 5.74) is 0.567. The van der Waals surface area contributed by atoms with Crippen molar-refractivity contribution in [2.75, 3.05) is 0 Å². The zero-order chi connectivity index (χ0) is 13.9. The Morgan fingerprint density at radius 2 is 1.95 bits per heavy atom. The maximum absolute atomic E-state index is 11.7. The van der Waals surface area contributed by atoms with Crippen LogP contribution in [-0.2, 0) is 11.3 Å². The maximum Gasteiger partial charge on any atom is 0.225 e. The van der Waals surface area contributed by atoms with Crippen molar-refractivity contribution in [3.63, 3.8) is 0 Å². The van der Waals surface area contributed by atoms with Gasteiger partial charge in [0.15, 0.2) is 5.76 Å². The highest BCUT2D eigenvalue weighted by molar-refractivity contribution is 5.81. The number of carbonyl (C=O) groups is 1. The largest absolute Gasteiger partial charge is 0.439 e. The number of amides is 1. The van der Waals surface area contributed by atoms with Crippen LogP contribution >= 0.6 is 0 Å². The zero-order valence-electron chi connectivity index (χ0n) is 11.4. The first-order valence-electron chi connectivity index (χ1n) is 6.25. The van der Waals surface area contributed by atoms with Gasteiger partial charge < -0.3 is 9.73 Å². The molecule has 100 valence electrons. The minimum Gasteiger partial charge on any atom is -0.439 e. The highest BCUT2D eigenvalue weighted by Gasteiger charge is 2.21. The number of hydrogen-bond donors (Lipinski definition) is 1. The standard InChI is InChI=1S/C15H18N2O2/c1-15(2,3)14(18)17-10-13-16-9-12(19-13)11-7-5-4-6-8-11/h4-9H,10H2,1-3H3,(H,17,18). The van der Waals surface area contributed by atoms with Crippen molar-refractivity contribution < 1.29 is 9.21 Å². The van der Waals surface area contributed by atoms with Crippen LogP contribution < -0.4 is 5.32 Å². The Hall–Kier alpha value is -2.10. The quantitative estimate of drug-likeness (QED) is 0.920. The van der Waals surface area contributed by atoms with Crippen molar-refractivity contribution in [2.24, 2.45) is 5.41 Å². The summed E-state index contributed by atoms with van der Waals surface area (Å²) in [6, 6.07) is 9.75. The fourth-order valence-electron chi connectivity index (χ4n) is 1.55. The molecule has 0 saturated heterocycles. The second-order valence-corrected chi connectivity index (χ2v) is 5.42. The van der Waals surface area contributed by atoms with Crippen molar-refractivity contribution in [1.82, 2.24) is 10.3 Å². The molecule has 0 atom stereocenters. The average Bonchev–Trinajstić information content (AvgIpc) is 2.84. The van der Waals surface area contributed by atoms with Gasteiger partial charge in [0.25, 0.3) is 0 Å². The van der Waals surface area contributed by atoms with Crippen LogP contribution in [0.1, 0.15) is 26.7 Å². The van der Waals surface area contributed by atoms with E-state index in [1.807, 2.05) is 51.1 Å². The normalized spacial score (nSPS) is 11.3. The molecule has 0 aliphatic heterocycles. The second kappa shape index (κ2) is 5.26. The first kappa shape index (κ1) is 13.3. The fraction of sp³-hybridized carbons (Fsp3) is 0.333. The van der Waals surface area contributed by atoms with Gasteiger partial charge in [0.2, 0.25) is 11.8 Å². The summed E-state index contributed by atoms with van der Waals surface area (Å²) in [6.07, 6.45) is 1.67. The minimum absolute atomic E-state index is 0.0213. The third-order valence-corrected chi connectivity index (χ3v) is 2.69. The van der Waals surface area contributed by atoms with E-state index in [1.54, 1.807) is 6.20 Å². The highest BCUT2D eigenvalue weighted by Crippen LogP contribution is 2.20. The molecule has 0 saturated carbocycles. The van der Waals surface area contributed by atoms with Crippen LogP contribution in [0.15, 0.2) is 40.9 Å². The summed E-state index contributed by atoms with van der Waals surface area (Å²) in [6.45, 7) is 5.91. The van der Waals surface area contributed by atoms with Gasteiger partial charge in [0.05, 0.1) is 12.7 Å². The predicted octanol–water partition coefficient (Wildman–Crippen LogP) is 3.00. The van der Waals surface area contributed by atoms with Crippen molar-refractivity contribution in [1.29, 1.82) is 0 Å². The molecule has 0 bridgehead atoms. The first-order chi connectivity index (χ1) is 8.97. The molecule has 4 nitrogen and oxygen atoms in total. The minimum atomic E-state index is -0.408. The average molecular weight is 258 g/mol. The third-order valence-electron chi connectivity index (χ3n) is 2.69. The lowest BCUT2D eigenvalue weighted by atomic mass is 9.96. The molecular formula is C15H18N2O2. The molecule has 0 aliphatic rings.